The van der Waals surface area contributed by atoms with Crippen molar-refractivity contribution in [2.45, 2.75) is 13.0 Å². The highest BCUT2D eigenvalue weighted by molar-refractivity contribution is 7.13. The van der Waals surface area contributed by atoms with Crippen LogP contribution in [0.5, 0.6) is 0 Å². The van der Waals surface area contributed by atoms with Crippen molar-refractivity contribution in [3.8, 4) is 10.6 Å². The van der Waals surface area contributed by atoms with E-state index in [-0.39, 0.29) is 18.1 Å². The second-order valence-electron chi connectivity index (χ2n) is 5.72. The van der Waals surface area contributed by atoms with E-state index in [4.69, 9.17) is 9.15 Å². The maximum Gasteiger partial charge on any atom is 0.229 e. The molecular weight excluding hydrogens is 355 g/mol. The Hall–Kier alpha value is -2.51. The van der Waals surface area contributed by atoms with E-state index >= 15 is 0 Å². The number of hydrogen-bond donors (Lipinski definition) is 0. The van der Waals surface area contributed by atoms with E-state index < -0.39 is 0 Å². The topological polar surface area (TPSA) is 55.6 Å². The summed E-state index contributed by atoms with van der Waals surface area (Å²) in [7, 11) is 1.60. The van der Waals surface area contributed by atoms with Gasteiger partial charge in [0.25, 0.3) is 0 Å². The Morgan fingerprint density at radius 3 is 2.96 bits per heavy atom. The molecule has 0 aliphatic rings. The van der Waals surface area contributed by atoms with E-state index in [9.17, 15) is 9.18 Å². The summed E-state index contributed by atoms with van der Waals surface area (Å²) < 4.78 is 23.8. The van der Waals surface area contributed by atoms with Gasteiger partial charge in [-0.2, -0.15) is 0 Å². The first kappa shape index (κ1) is 18.3. The lowest BCUT2D eigenvalue weighted by Crippen LogP contribution is -2.34. The molecular formula is C19H19FN2O3S. The van der Waals surface area contributed by atoms with Crippen LogP contribution < -0.4 is 0 Å². The van der Waals surface area contributed by atoms with Crippen molar-refractivity contribution in [1.82, 2.24) is 9.88 Å². The summed E-state index contributed by atoms with van der Waals surface area (Å²) in [5.74, 6) is 0.349. The monoisotopic (exact) mass is 374 g/mol. The Kier molecular flexibility index (Phi) is 6.14. The van der Waals surface area contributed by atoms with E-state index in [1.54, 1.807) is 36.5 Å². The van der Waals surface area contributed by atoms with Crippen LogP contribution in [-0.2, 0) is 22.5 Å². The Morgan fingerprint density at radius 1 is 1.35 bits per heavy atom. The zero-order valence-electron chi connectivity index (χ0n) is 14.4. The van der Waals surface area contributed by atoms with Crippen LogP contribution in [0.15, 0.2) is 52.5 Å². The summed E-state index contributed by atoms with van der Waals surface area (Å²) >= 11 is 1.40. The molecule has 5 nitrogen and oxygen atoms in total. The molecule has 0 spiro atoms. The molecule has 0 N–H and O–H groups in total. The number of carbonyl (C=O) groups excluding carboxylic acids is 1. The summed E-state index contributed by atoms with van der Waals surface area (Å²) in [4.78, 5) is 18.8. The van der Waals surface area contributed by atoms with Crippen LogP contribution in [0.2, 0.25) is 0 Å². The molecule has 136 valence electrons. The largest absolute Gasteiger partial charge is 0.467 e. The molecule has 2 aromatic heterocycles. The molecule has 0 radical (unpaired) electrons. The Balaban J connectivity index is 1.68. The molecule has 0 fully saturated rings. The number of methoxy groups -OCH3 is 1. The third kappa shape index (κ3) is 4.77. The molecule has 3 aromatic rings. The third-order valence-electron chi connectivity index (χ3n) is 3.80. The van der Waals surface area contributed by atoms with Crippen LogP contribution in [-0.4, -0.2) is 36.1 Å². The first-order valence-electron chi connectivity index (χ1n) is 8.15. The predicted octanol–water partition coefficient (Wildman–Crippen LogP) is 3.76. The number of hydrogen-bond acceptors (Lipinski definition) is 5. The zero-order chi connectivity index (χ0) is 18.4. The number of carbonyl (C=O) groups is 1. The molecule has 2 heterocycles. The third-order valence-corrected chi connectivity index (χ3v) is 4.74. The summed E-state index contributed by atoms with van der Waals surface area (Å²) in [5, 5.41) is 2.53. The average Bonchev–Trinajstić information content (AvgIpc) is 3.30. The van der Waals surface area contributed by atoms with E-state index in [0.717, 1.165) is 0 Å². The highest BCUT2D eigenvalue weighted by Gasteiger charge is 2.17. The van der Waals surface area contributed by atoms with Crippen molar-refractivity contribution < 1.29 is 18.3 Å². The van der Waals surface area contributed by atoms with E-state index in [1.807, 2.05) is 11.4 Å². The Bertz CT molecular complexity index is 848. The fourth-order valence-corrected chi connectivity index (χ4v) is 3.31. The second-order valence-corrected chi connectivity index (χ2v) is 6.58. The first-order valence-corrected chi connectivity index (χ1v) is 9.03. The minimum Gasteiger partial charge on any atom is -0.467 e. The van der Waals surface area contributed by atoms with Crippen LogP contribution in [0, 0.1) is 5.82 Å². The lowest BCUT2D eigenvalue weighted by molar-refractivity contribution is -0.132. The maximum absolute atomic E-state index is 13.4. The van der Waals surface area contributed by atoms with Crippen LogP contribution >= 0.6 is 11.3 Å². The lowest BCUT2D eigenvalue weighted by Gasteiger charge is -2.21. The van der Waals surface area contributed by atoms with Gasteiger partial charge in [-0.05, 0) is 24.3 Å². The highest BCUT2D eigenvalue weighted by atomic mass is 32.1. The summed E-state index contributed by atoms with van der Waals surface area (Å²) in [6.45, 7) is 1.30. The minimum absolute atomic E-state index is 0.0606. The van der Waals surface area contributed by atoms with Gasteiger partial charge in [0, 0.05) is 24.6 Å². The fourth-order valence-electron chi connectivity index (χ4n) is 2.49. The van der Waals surface area contributed by atoms with Gasteiger partial charge in [-0.15, -0.1) is 11.3 Å². The zero-order valence-corrected chi connectivity index (χ0v) is 15.2. The summed E-state index contributed by atoms with van der Waals surface area (Å²) in [6, 6.07) is 9.90. The number of halogens is 1. The molecule has 0 atom stereocenters. The van der Waals surface area contributed by atoms with Crippen molar-refractivity contribution >= 4 is 17.2 Å². The second kappa shape index (κ2) is 8.73. The number of thiazole rings is 1. The number of aromatic nitrogens is 1. The van der Waals surface area contributed by atoms with E-state index in [1.165, 1.54) is 23.5 Å². The number of amides is 1. The molecule has 0 saturated heterocycles. The SMILES string of the molecule is COCCN(Cc1ccco1)C(=O)Cc1csc(-c2cccc(F)c2)n1. The standard InChI is InChI=1S/C19H19FN2O3S/c1-24-9-7-22(12-17-6-3-8-25-17)18(23)11-16-13-26-19(21-16)14-4-2-5-15(20)10-14/h2-6,8,10,13H,7,9,11-12H2,1H3. The van der Waals surface area contributed by atoms with Crippen LogP contribution in [0.25, 0.3) is 10.6 Å². The molecule has 0 bridgehead atoms. The number of benzene rings is 1. The molecule has 0 aliphatic heterocycles. The minimum atomic E-state index is -0.306. The van der Waals surface area contributed by atoms with Crippen LogP contribution in [0.4, 0.5) is 4.39 Å². The van der Waals surface area contributed by atoms with Crippen molar-refractivity contribution in [3.05, 3.63) is 65.3 Å². The van der Waals surface area contributed by atoms with Gasteiger partial charge >= 0.3 is 0 Å². The molecule has 0 saturated carbocycles. The van der Waals surface area contributed by atoms with Crippen molar-refractivity contribution in [3.63, 3.8) is 0 Å². The first-order chi connectivity index (χ1) is 12.7. The average molecular weight is 374 g/mol. The van der Waals surface area contributed by atoms with E-state index in [0.29, 0.717) is 41.7 Å². The van der Waals surface area contributed by atoms with E-state index in [2.05, 4.69) is 4.98 Å². The molecule has 3 rings (SSSR count). The summed E-state index contributed by atoms with van der Waals surface area (Å²) in [6.07, 6.45) is 1.76. The summed E-state index contributed by atoms with van der Waals surface area (Å²) in [5.41, 5.74) is 1.38. The number of ether oxygens (including phenoxy) is 1. The number of nitrogens with zero attached hydrogens (tertiary/aromatic N) is 2. The van der Waals surface area contributed by atoms with Gasteiger partial charge in [0.05, 0.1) is 31.5 Å². The molecule has 0 unspecified atom stereocenters. The molecule has 1 aromatic carbocycles. The predicted molar refractivity (Wildman–Crippen MR) is 97.2 cm³/mol. The van der Waals surface area contributed by atoms with Gasteiger partial charge < -0.3 is 14.1 Å². The van der Waals surface area contributed by atoms with Gasteiger partial charge in [0.2, 0.25) is 5.91 Å². The number of furan rings is 1. The van der Waals surface area contributed by atoms with Crippen molar-refractivity contribution in [1.29, 1.82) is 0 Å². The van der Waals surface area contributed by atoms with Crippen molar-refractivity contribution in [2.75, 3.05) is 20.3 Å². The number of rotatable bonds is 8. The molecule has 0 aliphatic carbocycles. The van der Waals surface area contributed by atoms with Gasteiger partial charge in [-0.25, -0.2) is 9.37 Å². The van der Waals surface area contributed by atoms with Gasteiger partial charge in [-0.3, -0.25) is 4.79 Å². The molecule has 26 heavy (non-hydrogen) atoms. The van der Waals surface area contributed by atoms with Crippen LogP contribution in [0.1, 0.15) is 11.5 Å². The Morgan fingerprint density at radius 2 is 2.23 bits per heavy atom. The normalized spacial score (nSPS) is 10.8. The fraction of sp³-hybridized carbons (Fsp3) is 0.263. The van der Waals surface area contributed by atoms with Gasteiger partial charge in [0.1, 0.15) is 16.6 Å². The quantitative estimate of drug-likeness (QED) is 0.602. The smallest absolute Gasteiger partial charge is 0.229 e. The maximum atomic E-state index is 13.4. The van der Waals surface area contributed by atoms with Crippen LogP contribution in [0.3, 0.4) is 0 Å². The Labute approximate surface area is 155 Å². The van der Waals surface area contributed by atoms with Gasteiger partial charge in [0.15, 0.2) is 0 Å². The lowest BCUT2D eigenvalue weighted by atomic mass is 10.2. The van der Waals surface area contributed by atoms with Crippen molar-refractivity contribution in [2.24, 2.45) is 0 Å². The highest BCUT2D eigenvalue weighted by Crippen LogP contribution is 2.24. The molecule has 7 heteroatoms. The van der Waals surface area contributed by atoms with Gasteiger partial charge in [-0.1, -0.05) is 12.1 Å². The molecule has 1 amide bonds.